The summed E-state index contributed by atoms with van der Waals surface area (Å²) in [6, 6.07) is 8.04. The third kappa shape index (κ3) is 5.97. The first kappa shape index (κ1) is 22.7. The van der Waals surface area contributed by atoms with Gasteiger partial charge in [-0.25, -0.2) is 0 Å². The molecule has 4 N–H and O–H groups in total. The Morgan fingerprint density at radius 3 is 2.36 bits per heavy atom. The van der Waals surface area contributed by atoms with Gasteiger partial charge in [0.2, 0.25) is 0 Å². The molecular formula is C20H32IN5O2. The lowest BCUT2D eigenvalue weighted by atomic mass is 9.82. The number of aliphatic imine (C=N–C) groups is 1. The number of rotatable bonds is 5. The molecule has 0 spiro atoms. The van der Waals surface area contributed by atoms with Gasteiger partial charge in [-0.2, -0.15) is 0 Å². The van der Waals surface area contributed by atoms with E-state index in [4.69, 9.17) is 0 Å². The second kappa shape index (κ2) is 10.8. The van der Waals surface area contributed by atoms with Gasteiger partial charge in [0, 0.05) is 43.8 Å². The number of carbonyl (C=O) groups is 1. The van der Waals surface area contributed by atoms with E-state index in [9.17, 15) is 9.90 Å². The van der Waals surface area contributed by atoms with Crippen molar-refractivity contribution in [1.29, 1.82) is 0 Å². The average molecular weight is 501 g/mol. The van der Waals surface area contributed by atoms with Crippen LogP contribution in [0.25, 0.3) is 0 Å². The molecule has 3 rings (SSSR count). The maximum absolute atomic E-state index is 12.1. The van der Waals surface area contributed by atoms with Crippen molar-refractivity contribution in [3.8, 4) is 5.75 Å². The van der Waals surface area contributed by atoms with E-state index >= 15 is 0 Å². The highest BCUT2D eigenvalue weighted by Gasteiger charge is 2.36. The molecule has 1 amide bonds. The van der Waals surface area contributed by atoms with Crippen LogP contribution in [-0.4, -0.2) is 67.2 Å². The van der Waals surface area contributed by atoms with E-state index in [1.807, 2.05) is 0 Å². The van der Waals surface area contributed by atoms with Gasteiger partial charge in [0.05, 0.1) is 0 Å². The van der Waals surface area contributed by atoms with E-state index in [-0.39, 0.29) is 35.6 Å². The minimum atomic E-state index is -0.150. The first-order valence-electron chi connectivity index (χ1n) is 9.83. The number of phenolic OH excluding ortho intramolecular Hbond substituents is 1. The number of phenols is 1. The van der Waals surface area contributed by atoms with Crippen LogP contribution in [0.3, 0.4) is 0 Å². The lowest BCUT2D eigenvalue weighted by Gasteiger charge is -2.47. The molecule has 2 bridgehead atoms. The zero-order valence-corrected chi connectivity index (χ0v) is 19.0. The molecule has 0 radical (unpaired) electrons. The lowest BCUT2D eigenvalue weighted by molar-refractivity contribution is 0.0526. The van der Waals surface area contributed by atoms with E-state index < -0.39 is 0 Å². The van der Waals surface area contributed by atoms with Crippen LogP contribution in [0.5, 0.6) is 5.75 Å². The highest BCUT2D eigenvalue weighted by atomic mass is 127. The summed E-state index contributed by atoms with van der Waals surface area (Å²) in [5, 5.41) is 19.0. The van der Waals surface area contributed by atoms with Crippen LogP contribution >= 0.6 is 24.0 Å². The quantitative estimate of drug-likeness (QED) is 0.214. The number of fused-ring (bicyclic) bond motifs is 2. The number of aromatic hydroxyl groups is 1. The fourth-order valence-corrected chi connectivity index (χ4v) is 4.19. The van der Waals surface area contributed by atoms with Crippen LogP contribution in [0.15, 0.2) is 29.3 Å². The number of nitrogens with zero attached hydrogens (tertiary/aromatic N) is 2. The molecule has 28 heavy (non-hydrogen) atoms. The van der Waals surface area contributed by atoms with Crippen LogP contribution < -0.4 is 16.0 Å². The highest BCUT2D eigenvalue weighted by molar-refractivity contribution is 14.0. The Bertz CT molecular complexity index is 653. The molecule has 2 fully saturated rings. The number of benzene rings is 1. The predicted molar refractivity (Wildman–Crippen MR) is 123 cm³/mol. The largest absolute Gasteiger partial charge is 0.508 e. The van der Waals surface area contributed by atoms with Crippen molar-refractivity contribution < 1.29 is 9.90 Å². The number of amides is 1. The highest BCUT2D eigenvalue weighted by Crippen LogP contribution is 2.32. The summed E-state index contributed by atoms with van der Waals surface area (Å²) in [7, 11) is 4.04. The molecule has 2 aliphatic rings. The molecule has 7 nitrogen and oxygen atoms in total. The van der Waals surface area contributed by atoms with Crippen molar-refractivity contribution in [2.24, 2.45) is 4.99 Å². The SMILES string of the molecule is CN=C(NCCNC(=O)c1ccc(O)cc1)NC1CC2CCCC(C1)N2C.I. The fraction of sp³-hybridized carbons (Fsp3) is 0.600. The number of hydrogen-bond acceptors (Lipinski definition) is 4. The molecule has 2 atom stereocenters. The zero-order chi connectivity index (χ0) is 19.2. The number of halogens is 1. The summed E-state index contributed by atoms with van der Waals surface area (Å²) in [5.41, 5.74) is 0.535. The maximum atomic E-state index is 12.1. The van der Waals surface area contributed by atoms with E-state index in [0.717, 1.165) is 18.8 Å². The van der Waals surface area contributed by atoms with E-state index in [0.29, 0.717) is 36.8 Å². The van der Waals surface area contributed by atoms with Gasteiger partial charge in [0.1, 0.15) is 5.75 Å². The molecular weight excluding hydrogens is 469 g/mol. The Hall–Kier alpha value is -1.55. The van der Waals surface area contributed by atoms with Gasteiger partial charge in [0.25, 0.3) is 5.91 Å². The molecule has 2 heterocycles. The molecule has 0 aliphatic carbocycles. The van der Waals surface area contributed by atoms with Crippen molar-refractivity contribution in [3.05, 3.63) is 29.8 Å². The first-order chi connectivity index (χ1) is 13.1. The third-order valence-electron chi connectivity index (χ3n) is 5.74. The van der Waals surface area contributed by atoms with Gasteiger partial charge in [-0.1, -0.05) is 6.42 Å². The summed E-state index contributed by atoms with van der Waals surface area (Å²) in [5.74, 6) is 0.797. The third-order valence-corrected chi connectivity index (χ3v) is 5.74. The number of hydrogen-bond donors (Lipinski definition) is 4. The zero-order valence-electron chi connectivity index (χ0n) is 16.6. The van der Waals surface area contributed by atoms with Crippen molar-refractivity contribution in [1.82, 2.24) is 20.9 Å². The Morgan fingerprint density at radius 2 is 1.75 bits per heavy atom. The summed E-state index contributed by atoms with van der Waals surface area (Å²) >= 11 is 0. The Morgan fingerprint density at radius 1 is 1.14 bits per heavy atom. The average Bonchev–Trinajstić information content (AvgIpc) is 2.65. The van der Waals surface area contributed by atoms with Crippen molar-refractivity contribution in [2.45, 2.75) is 50.2 Å². The topological polar surface area (TPSA) is 89.0 Å². The van der Waals surface area contributed by atoms with Gasteiger partial charge in [-0.15, -0.1) is 24.0 Å². The van der Waals surface area contributed by atoms with Crippen molar-refractivity contribution >= 4 is 35.8 Å². The summed E-state index contributed by atoms with van der Waals surface area (Å²) < 4.78 is 0. The van der Waals surface area contributed by atoms with Crippen molar-refractivity contribution in [2.75, 3.05) is 27.2 Å². The molecule has 2 saturated heterocycles. The normalized spacial score (nSPS) is 24.8. The van der Waals surface area contributed by atoms with Gasteiger partial charge in [-0.3, -0.25) is 9.79 Å². The van der Waals surface area contributed by atoms with E-state index in [1.165, 1.54) is 31.4 Å². The molecule has 1 aromatic rings. The number of carbonyl (C=O) groups excluding carboxylic acids is 1. The second-order valence-electron chi connectivity index (χ2n) is 7.52. The Kier molecular flexibility index (Phi) is 8.81. The monoisotopic (exact) mass is 501 g/mol. The minimum absolute atomic E-state index is 0. The number of piperidine rings is 2. The van der Waals surface area contributed by atoms with Gasteiger partial charge in [0.15, 0.2) is 5.96 Å². The van der Waals surface area contributed by atoms with Crippen molar-refractivity contribution in [3.63, 3.8) is 0 Å². The van der Waals surface area contributed by atoms with Crippen LogP contribution in [0.4, 0.5) is 0 Å². The molecule has 0 saturated carbocycles. The molecule has 156 valence electrons. The fourth-order valence-electron chi connectivity index (χ4n) is 4.19. The molecule has 8 heteroatoms. The standard InChI is InChI=1S/C20H31N5O2.HI/c1-21-20(24-15-12-16-4-3-5-17(13-15)25(16)2)23-11-10-22-19(27)14-6-8-18(26)9-7-14;/h6-9,15-17,26H,3-5,10-13H2,1-2H3,(H,22,27)(H2,21,23,24);1H. The van der Waals surface area contributed by atoms with Crippen LogP contribution in [0, 0.1) is 0 Å². The minimum Gasteiger partial charge on any atom is -0.508 e. The summed E-state index contributed by atoms with van der Waals surface area (Å²) in [6.07, 6.45) is 6.25. The maximum Gasteiger partial charge on any atom is 0.251 e. The van der Waals surface area contributed by atoms with Crippen LogP contribution in [-0.2, 0) is 0 Å². The predicted octanol–water partition coefficient (Wildman–Crippen LogP) is 1.92. The van der Waals surface area contributed by atoms with E-state index in [1.54, 1.807) is 19.2 Å². The lowest BCUT2D eigenvalue weighted by Crippen LogP contribution is -2.57. The van der Waals surface area contributed by atoms with Crippen LogP contribution in [0.2, 0.25) is 0 Å². The number of nitrogens with one attached hydrogen (secondary N) is 3. The molecule has 1 aromatic carbocycles. The summed E-state index contributed by atoms with van der Waals surface area (Å²) in [6.45, 7) is 1.10. The molecule has 2 aliphatic heterocycles. The molecule has 0 aromatic heterocycles. The molecule has 2 unspecified atom stereocenters. The summed E-state index contributed by atoms with van der Waals surface area (Å²) in [4.78, 5) is 18.9. The smallest absolute Gasteiger partial charge is 0.251 e. The van der Waals surface area contributed by atoms with E-state index in [2.05, 4.69) is 32.9 Å². The Labute approximate surface area is 184 Å². The van der Waals surface area contributed by atoms with Gasteiger partial charge >= 0.3 is 0 Å². The number of guanidine groups is 1. The van der Waals surface area contributed by atoms with Gasteiger partial charge in [-0.05, 0) is 57.0 Å². The second-order valence-corrected chi connectivity index (χ2v) is 7.52. The Balaban J connectivity index is 0.00000280. The van der Waals surface area contributed by atoms with Crippen LogP contribution in [0.1, 0.15) is 42.5 Å². The van der Waals surface area contributed by atoms with Gasteiger partial charge < -0.3 is 26.0 Å². The first-order valence-corrected chi connectivity index (χ1v) is 9.83.